The van der Waals surface area contributed by atoms with Crippen molar-refractivity contribution < 1.29 is 9.47 Å². The van der Waals surface area contributed by atoms with Crippen LogP contribution in [0.3, 0.4) is 0 Å². The quantitative estimate of drug-likeness (QED) is 0.848. The molecule has 5 atom stereocenters. The van der Waals surface area contributed by atoms with Crippen LogP contribution in [0.5, 0.6) is 0 Å². The molecule has 0 bridgehead atoms. The topological polar surface area (TPSA) is 30.5 Å². The number of fused-ring (bicyclic) bond motifs is 1. The van der Waals surface area contributed by atoms with E-state index in [2.05, 4.69) is 12.4 Å². The molecule has 2 aliphatic heterocycles. The first kappa shape index (κ1) is 12.6. The van der Waals surface area contributed by atoms with Crippen LogP contribution in [0.4, 0.5) is 0 Å². The Labute approximate surface area is 116 Å². The second kappa shape index (κ2) is 4.71. The Morgan fingerprint density at radius 1 is 1.16 bits per heavy atom. The molecule has 5 unspecified atom stereocenters. The van der Waals surface area contributed by atoms with Crippen LogP contribution in [-0.2, 0) is 9.47 Å². The molecule has 4 rings (SSSR count). The predicted octanol–water partition coefficient (Wildman–Crippen LogP) is 2.21. The Hall–Kier alpha value is -0.120. The van der Waals surface area contributed by atoms with E-state index in [9.17, 15) is 0 Å². The molecule has 19 heavy (non-hydrogen) atoms. The summed E-state index contributed by atoms with van der Waals surface area (Å²) in [5, 5.41) is 3.67. The minimum atomic E-state index is 0.0714. The first-order valence-corrected chi connectivity index (χ1v) is 8.22. The largest absolute Gasteiger partial charge is 0.378 e. The predicted molar refractivity (Wildman–Crippen MR) is 74.0 cm³/mol. The van der Waals surface area contributed by atoms with Crippen molar-refractivity contribution in [1.29, 1.82) is 0 Å². The molecule has 4 aliphatic rings. The van der Waals surface area contributed by atoms with Gasteiger partial charge < -0.3 is 14.8 Å². The van der Waals surface area contributed by atoms with Crippen molar-refractivity contribution in [2.75, 3.05) is 26.9 Å². The minimum Gasteiger partial charge on any atom is -0.378 e. The zero-order chi connectivity index (χ0) is 12.9. The van der Waals surface area contributed by atoms with Gasteiger partial charge in [-0.15, -0.1) is 0 Å². The molecule has 0 aromatic carbocycles. The van der Waals surface area contributed by atoms with E-state index in [1.54, 1.807) is 0 Å². The maximum absolute atomic E-state index is 6.09. The lowest BCUT2D eigenvalue weighted by Gasteiger charge is -2.41. The monoisotopic (exact) mass is 265 g/mol. The Morgan fingerprint density at radius 3 is 2.68 bits per heavy atom. The van der Waals surface area contributed by atoms with E-state index in [1.165, 1.54) is 32.1 Å². The standard InChI is InChI=1S/C16H27NO2/c1-17-15(14-12-3-2-4-13(12)14)11-5-7-19-16(9-11)6-8-18-10-16/h11-15,17H,2-10H2,1H3. The third-order valence-corrected chi connectivity index (χ3v) is 6.33. The average molecular weight is 265 g/mol. The van der Waals surface area contributed by atoms with Gasteiger partial charge in [-0.05, 0) is 56.4 Å². The fourth-order valence-electron chi connectivity index (χ4n) is 5.39. The lowest BCUT2D eigenvalue weighted by molar-refractivity contribution is -0.104. The molecule has 0 aromatic heterocycles. The molecule has 0 aromatic rings. The molecule has 0 amide bonds. The molecule has 2 aliphatic carbocycles. The third-order valence-electron chi connectivity index (χ3n) is 6.33. The van der Waals surface area contributed by atoms with Gasteiger partial charge in [0, 0.05) is 25.7 Å². The number of nitrogens with one attached hydrogen (secondary N) is 1. The van der Waals surface area contributed by atoms with Gasteiger partial charge in [-0.1, -0.05) is 6.42 Å². The van der Waals surface area contributed by atoms with Gasteiger partial charge in [-0.3, -0.25) is 0 Å². The van der Waals surface area contributed by atoms with Crippen LogP contribution < -0.4 is 5.32 Å². The molecule has 3 heteroatoms. The summed E-state index contributed by atoms with van der Waals surface area (Å²) >= 11 is 0. The summed E-state index contributed by atoms with van der Waals surface area (Å²) in [6, 6.07) is 0.733. The van der Waals surface area contributed by atoms with Crippen LogP contribution in [0.2, 0.25) is 0 Å². The Kier molecular flexibility index (Phi) is 3.13. The van der Waals surface area contributed by atoms with Gasteiger partial charge in [0.2, 0.25) is 0 Å². The van der Waals surface area contributed by atoms with E-state index in [0.717, 1.165) is 56.0 Å². The number of ether oxygens (including phenoxy) is 2. The second-order valence-electron chi connectivity index (χ2n) is 7.24. The van der Waals surface area contributed by atoms with Gasteiger partial charge in [-0.25, -0.2) is 0 Å². The molecular weight excluding hydrogens is 238 g/mol. The smallest absolute Gasteiger partial charge is 0.0939 e. The normalized spacial score (nSPS) is 50.4. The summed E-state index contributed by atoms with van der Waals surface area (Å²) in [5.41, 5.74) is 0.0714. The van der Waals surface area contributed by atoms with Crippen molar-refractivity contribution in [2.45, 2.75) is 50.2 Å². The van der Waals surface area contributed by atoms with Gasteiger partial charge >= 0.3 is 0 Å². The van der Waals surface area contributed by atoms with Crippen LogP contribution in [0.1, 0.15) is 38.5 Å². The highest BCUT2D eigenvalue weighted by Crippen LogP contribution is 2.60. The van der Waals surface area contributed by atoms with Gasteiger partial charge in [-0.2, -0.15) is 0 Å². The first-order valence-electron chi connectivity index (χ1n) is 8.22. The highest BCUT2D eigenvalue weighted by molar-refractivity contribution is 5.08. The van der Waals surface area contributed by atoms with Crippen LogP contribution in [0.15, 0.2) is 0 Å². The number of hydrogen-bond acceptors (Lipinski definition) is 3. The average Bonchev–Trinajstić information content (AvgIpc) is 2.84. The van der Waals surface area contributed by atoms with Gasteiger partial charge in [0.15, 0.2) is 0 Å². The maximum atomic E-state index is 6.09. The zero-order valence-electron chi connectivity index (χ0n) is 12.1. The molecule has 108 valence electrons. The van der Waals surface area contributed by atoms with Crippen molar-refractivity contribution >= 4 is 0 Å². The summed E-state index contributed by atoms with van der Waals surface area (Å²) in [5.74, 6) is 3.88. The molecule has 3 nitrogen and oxygen atoms in total. The number of hydrogen-bond donors (Lipinski definition) is 1. The van der Waals surface area contributed by atoms with E-state index < -0.39 is 0 Å². The second-order valence-corrected chi connectivity index (χ2v) is 7.24. The molecule has 4 fully saturated rings. The molecule has 2 heterocycles. The zero-order valence-corrected chi connectivity index (χ0v) is 12.1. The van der Waals surface area contributed by atoms with E-state index in [0.29, 0.717) is 0 Å². The molecule has 0 radical (unpaired) electrons. The molecule has 1 spiro atoms. The molecular formula is C16H27NO2. The highest BCUT2D eigenvalue weighted by Gasteiger charge is 2.57. The fourth-order valence-corrected chi connectivity index (χ4v) is 5.39. The van der Waals surface area contributed by atoms with Crippen molar-refractivity contribution in [3.8, 4) is 0 Å². The maximum Gasteiger partial charge on any atom is 0.0939 e. The van der Waals surface area contributed by atoms with Crippen LogP contribution in [0, 0.1) is 23.7 Å². The van der Waals surface area contributed by atoms with Crippen LogP contribution in [0.25, 0.3) is 0 Å². The lowest BCUT2D eigenvalue weighted by Crippen LogP contribution is -2.47. The summed E-state index contributed by atoms with van der Waals surface area (Å²) in [6.45, 7) is 2.66. The minimum absolute atomic E-state index is 0.0714. The summed E-state index contributed by atoms with van der Waals surface area (Å²) in [6.07, 6.45) is 8.03. The van der Waals surface area contributed by atoms with E-state index >= 15 is 0 Å². The van der Waals surface area contributed by atoms with Crippen molar-refractivity contribution in [2.24, 2.45) is 23.7 Å². The Balaban J connectivity index is 1.45. The van der Waals surface area contributed by atoms with Crippen molar-refractivity contribution in [3.63, 3.8) is 0 Å². The van der Waals surface area contributed by atoms with E-state index in [-0.39, 0.29) is 5.60 Å². The van der Waals surface area contributed by atoms with Crippen LogP contribution in [-0.4, -0.2) is 38.5 Å². The van der Waals surface area contributed by atoms with Gasteiger partial charge in [0.25, 0.3) is 0 Å². The lowest BCUT2D eigenvalue weighted by atomic mass is 9.78. The van der Waals surface area contributed by atoms with E-state index in [1.807, 2.05) is 0 Å². The van der Waals surface area contributed by atoms with Crippen molar-refractivity contribution in [1.82, 2.24) is 5.32 Å². The summed E-state index contributed by atoms with van der Waals surface area (Å²) in [7, 11) is 2.17. The van der Waals surface area contributed by atoms with Gasteiger partial charge in [0.05, 0.1) is 12.2 Å². The van der Waals surface area contributed by atoms with Crippen molar-refractivity contribution in [3.05, 3.63) is 0 Å². The first-order chi connectivity index (χ1) is 9.33. The highest BCUT2D eigenvalue weighted by atomic mass is 16.6. The molecule has 1 N–H and O–H groups in total. The SMILES string of the molecule is CNC(C1CCOC2(CCOC2)C1)C1C2CCCC21. The number of rotatable bonds is 3. The third kappa shape index (κ3) is 2.05. The van der Waals surface area contributed by atoms with E-state index in [4.69, 9.17) is 9.47 Å². The Morgan fingerprint density at radius 2 is 2.00 bits per heavy atom. The summed E-state index contributed by atoms with van der Waals surface area (Å²) < 4.78 is 11.7. The summed E-state index contributed by atoms with van der Waals surface area (Å²) in [4.78, 5) is 0. The van der Waals surface area contributed by atoms with Crippen LogP contribution >= 0.6 is 0 Å². The van der Waals surface area contributed by atoms with Gasteiger partial charge in [0.1, 0.15) is 0 Å². The molecule has 2 saturated carbocycles. The Bertz CT molecular complexity index is 330. The fraction of sp³-hybridized carbons (Fsp3) is 1.00. The molecule has 2 saturated heterocycles.